The Kier molecular flexibility index (Phi) is 7.43. The van der Waals surface area contributed by atoms with Crippen LogP contribution in [0.4, 0.5) is 11.4 Å². The monoisotopic (exact) mass is 466 g/mol. The molecule has 3 aromatic rings. The molecule has 6 nitrogen and oxygen atoms in total. The van der Waals surface area contributed by atoms with Crippen LogP contribution in [0.15, 0.2) is 65.6 Å². The fraction of sp³-hybridized carbons (Fsp3) is 0.269. The molecule has 1 N–H and O–H groups in total. The van der Waals surface area contributed by atoms with Gasteiger partial charge in [0, 0.05) is 5.69 Å². The molecule has 3 aromatic carbocycles. The largest absolute Gasteiger partial charge is 0.495 e. The van der Waals surface area contributed by atoms with E-state index >= 15 is 0 Å². The smallest absolute Gasteiger partial charge is 0.268 e. The third-order valence-corrected chi connectivity index (χ3v) is 7.14. The molecule has 0 aliphatic heterocycles. The average Bonchev–Trinajstić information content (AvgIpc) is 2.77. The van der Waals surface area contributed by atoms with Crippen LogP contribution in [-0.4, -0.2) is 28.0 Å². The molecular formula is C26H30N2O4S. The Balaban J connectivity index is 2.07. The van der Waals surface area contributed by atoms with Gasteiger partial charge >= 0.3 is 0 Å². The summed E-state index contributed by atoms with van der Waals surface area (Å²) in [7, 11) is -2.68. The van der Waals surface area contributed by atoms with Gasteiger partial charge in [0.15, 0.2) is 0 Å². The van der Waals surface area contributed by atoms with Gasteiger partial charge in [0.1, 0.15) is 17.2 Å². The van der Waals surface area contributed by atoms with Gasteiger partial charge < -0.3 is 10.1 Å². The fourth-order valence-corrected chi connectivity index (χ4v) is 5.43. The van der Waals surface area contributed by atoms with Gasteiger partial charge in [-0.3, -0.25) is 9.10 Å². The molecule has 0 unspecified atom stereocenters. The Labute approximate surface area is 196 Å². The van der Waals surface area contributed by atoms with Gasteiger partial charge in [0.2, 0.25) is 5.91 Å². The van der Waals surface area contributed by atoms with Crippen LogP contribution < -0.4 is 14.4 Å². The van der Waals surface area contributed by atoms with Crippen LogP contribution >= 0.6 is 0 Å². The first-order valence-electron chi connectivity index (χ1n) is 10.8. The van der Waals surface area contributed by atoms with E-state index in [1.54, 1.807) is 30.3 Å². The summed E-state index contributed by atoms with van der Waals surface area (Å²) in [5.41, 5.74) is 4.66. The highest BCUT2D eigenvalue weighted by Gasteiger charge is 2.30. The van der Waals surface area contributed by atoms with Crippen molar-refractivity contribution >= 4 is 27.3 Å². The molecule has 0 aliphatic carbocycles. The summed E-state index contributed by atoms with van der Waals surface area (Å²) in [6, 6.07) is 18.0. The highest BCUT2D eigenvalue weighted by atomic mass is 32.2. The fourth-order valence-electron chi connectivity index (χ4n) is 3.78. The summed E-state index contributed by atoms with van der Waals surface area (Å²) in [4.78, 5) is 13.1. The van der Waals surface area contributed by atoms with Crippen molar-refractivity contribution in [1.82, 2.24) is 0 Å². The van der Waals surface area contributed by atoms with Crippen LogP contribution in [0.3, 0.4) is 0 Å². The minimum absolute atomic E-state index is 0.0194. The number of nitrogens with zero attached hydrogens (tertiary/aromatic N) is 1. The summed E-state index contributed by atoms with van der Waals surface area (Å²) in [5.74, 6) is -0.197. The van der Waals surface area contributed by atoms with Gasteiger partial charge in [-0.25, -0.2) is 8.42 Å². The highest BCUT2D eigenvalue weighted by Crippen LogP contribution is 2.32. The number of hydrogen-bond donors (Lipinski definition) is 1. The molecule has 0 fully saturated rings. The van der Waals surface area contributed by atoms with E-state index in [4.69, 9.17) is 4.74 Å². The molecule has 0 saturated heterocycles. The summed E-state index contributed by atoms with van der Waals surface area (Å²) >= 11 is 0. The van der Waals surface area contributed by atoms with E-state index in [1.807, 2.05) is 58.0 Å². The van der Waals surface area contributed by atoms with Crippen molar-refractivity contribution in [2.24, 2.45) is 0 Å². The molecule has 174 valence electrons. The van der Waals surface area contributed by atoms with E-state index < -0.39 is 15.9 Å². The van der Waals surface area contributed by atoms with Crippen molar-refractivity contribution in [2.75, 3.05) is 23.3 Å². The van der Waals surface area contributed by atoms with E-state index in [1.165, 1.54) is 7.11 Å². The van der Waals surface area contributed by atoms with E-state index in [0.29, 0.717) is 11.4 Å². The zero-order valence-corrected chi connectivity index (χ0v) is 20.5. The van der Waals surface area contributed by atoms with Crippen molar-refractivity contribution in [3.63, 3.8) is 0 Å². The predicted octanol–water partition coefficient (Wildman–Crippen LogP) is 5.02. The number of sulfonamides is 1. The van der Waals surface area contributed by atoms with Gasteiger partial charge in [0.05, 0.1) is 12.8 Å². The van der Waals surface area contributed by atoms with E-state index in [0.717, 1.165) is 33.0 Å². The van der Waals surface area contributed by atoms with Crippen LogP contribution in [0.5, 0.6) is 5.75 Å². The number of aryl methyl sites for hydroxylation is 4. The maximum atomic E-state index is 13.9. The number of amides is 1. The highest BCUT2D eigenvalue weighted by molar-refractivity contribution is 7.93. The van der Waals surface area contributed by atoms with Crippen LogP contribution in [0.25, 0.3) is 0 Å². The van der Waals surface area contributed by atoms with E-state index in [-0.39, 0.29) is 17.2 Å². The lowest BCUT2D eigenvalue weighted by molar-refractivity contribution is -0.114. The molecule has 33 heavy (non-hydrogen) atoms. The lowest BCUT2D eigenvalue weighted by atomic mass is 10.1. The van der Waals surface area contributed by atoms with Crippen molar-refractivity contribution in [3.05, 3.63) is 82.9 Å². The number of hydrogen-bond acceptors (Lipinski definition) is 4. The van der Waals surface area contributed by atoms with Crippen molar-refractivity contribution in [3.8, 4) is 5.75 Å². The normalized spacial score (nSPS) is 11.2. The predicted molar refractivity (Wildman–Crippen MR) is 133 cm³/mol. The lowest BCUT2D eigenvalue weighted by Crippen LogP contribution is -2.38. The number of carbonyl (C=O) groups is 1. The first kappa shape index (κ1) is 24.3. The first-order valence-corrected chi connectivity index (χ1v) is 12.2. The molecule has 0 radical (unpaired) electrons. The number of rotatable bonds is 8. The standard InChI is InChI=1S/C26H30N2O4S/c1-6-21-9-7-8-10-23(21)27-26(29)17-28(22-14-19(3)13-20(4)15-22)33(30,31)25-16-18(2)11-12-24(25)32-5/h7-16H,6,17H2,1-5H3,(H,27,29). The molecule has 0 bridgehead atoms. The van der Waals surface area contributed by atoms with Crippen molar-refractivity contribution in [2.45, 2.75) is 39.0 Å². The van der Waals surface area contributed by atoms with Crippen LogP contribution in [-0.2, 0) is 21.2 Å². The van der Waals surface area contributed by atoms with Gasteiger partial charge in [-0.15, -0.1) is 0 Å². The third kappa shape index (κ3) is 5.54. The summed E-state index contributed by atoms with van der Waals surface area (Å²) in [5, 5.41) is 2.88. The molecule has 1 amide bonds. The summed E-state index contributed by atoms with van der Waals surface area (Å²) in [6.07, 6.45) is 0.746. The topological polar surface area (TPSA) is 75.7 Å². The molecule has 7 heteroatoms. The Bertz CT molecular complexity index is 1250. The summed E-state index contributed by atoms with van der Waals surface area (Å²) in [6.45, 7) is 7.23. The van der Waals surface area contributed by atoms with Gasteiger partial charge in [0.25, 0.3) is 10.0 Å². The van der Waals surface area contributed by atoms with E-state index in [9.17, 15) is 13.2 Å². The Morgan fingerprint density at radius 3 is 2.24 bits per heavy atom. The summed E-state index contributed by atoms with van der Waals surface area (Å²) < 4.78 is 34.2. The zero-order chi connectivity index (χ0) is 24.2. The Morgan fingerprint density at radius 2 is 1.61 bits per heavy atom. The minimum Gasteiger partial charge on any atom is -0.495 e. The molecule has 0 aromatic heterocycles. The molecule has 0 heterocycles. The molecule has 0 aliphatic rings. The quantitative estimate of drug-likeness (QED) is 0.506. The maximum absolute atomic E-state index is 13.9. The van der Waals surface area contributed by atoms with Crippen molar-refractivity contribution < 1.29 is 17.9 Å². The lowest BCUT2D eigenvalue weighted by Gasteiger charge is -2.26. The SMILES string of the molecule is CCc1ccccc1NC(=O)CN(c1cc(C)cc(C)c1)S(=O)(=O)c1cc(C)ccc1OC. The number of ether oxygens (including phenoxy) is 1. The molecule has 0 spiro atoms. The zero-order valence-electron chi connectivity index (χ0n) is 19.7. The number of anilines is 2. The van der Waals surface area contributed by atoms with Gasteiger partial charge in [-0.1, -0.05) is 37.3 Å². The Hall–Kier alpha value is -3.32. The minimum atomic E-state index is -4.11. The second-order valence-corrected chi connectivity index (χ2v) is 9.90. The number of methoxy groups -OCH3 is 1. The van der Waals surface area contributed by atoms with Crippen LogP contribution in [0.2, 0.25) is 0 Å². The van der Waals surface area contributed by atoms with Crippen LogP contribution in [0.1, 0.15) is 29.2 Å². The third-order valence-electron chi connectivity index (χ3n) is 5.34. The van der Waals surface area contributed by atoms with Gasteiger partial charge in [-0.05, 0) is 79.8 Å². The average molecular weight is 467 g/mol. The first-order chi connectivity index (χ1) is 15.6. The second kappa shape index (κ2) is 10.1. The number of para-hydroxylation sites is 1. The second-order valence-electron chi connectivity index (χ2n) is 8.07. The number of nitrogens with one attached hydrogen (secondary N) is 1. The number of benzene rings is 3. The Morgan fingerprint density at radius 1 is 0.939 bits per heavy atom. The molecule has 3 rings (SSSR count). The van der Waals surface area contributed by atoms with Crippen molar-refractivity contribution in [1.29, 1.82) is 0 Å². The molecular weight excluding hydrogens is 436 g/mol. The molecule has 0 atom stereocenters. The number of carbonyl (C=O) groups excluding carboxylic acids is 1. The maximum Gasteiger partial charge on any atom is 0.268 e. The van der Waals surface area contributed by atoms with Crippen LogP contribution in [0, 0.1) is 20.8 Å². The van der Waals surface area contributed by atoms with Gasteiger partial charge in [-0.2, -0.15) is 0 Å². The van der Waals surface area contributed by atoms with E-state index in [2.05, 4.69) is 5.32 Å². The molecule has 0 saturated carbocycles.